The first-order valence-corrected chi connectivity index (χ1v) is 7.52. The number of para-hydroxylation sites is 2. The van der Waals surface area contributed by atoms with Gasteiger partial charge in [-0.2, -0.15) is 5.10 Å². The summed E-state index contributed by atoms with van der Waals surface area (Å²) in [7, 11) is 0. The lowest BCUT2D eigenvalue weighted by atomic mass is 10.2. The number of rotatable bonds is 5. The first-order valence-electron chi connectivity index (χ1n) is 7.52. The van der Waals surface area contributed by atoms with Gasteiger partial charge in [0.15, 0.2) is 0 Å². The second-order valence-corrected chi connectivity index (χ2v) is 6.29. The lowest BCUT2D eigenvalue weighted by Crippen LogP contribution is -2.38. The Morgan fingerprint density at radius 2 is 2.09 bits per heavy atom. The standard InChI is InChI=1S/C16H23N5O2/c1-12(9-18-15(22)23-16(2,3)4)20-13-7-5-6-8-14(13)21-11-17-10-19-21/h5-8,10-12,20H,9H2,1-4H3,(H,18,22). The molecule has 23 heavy (non-hydrogen) atoms. The van der Waals surface area contributed by atoms with Crippen molar-refractivity contribution in [3.05, 3.63) is 36.9 Å². The van der Waals surface area contributed by atoms with E-state index in [9.17, 15) is 4.79 Å². The Kier molecular flexibility index (Phi) is 5.20. The van der Waals surface area contributed by atoms with Crippen molar-refractivity contribution in [1.29, 1.82) is 0 Å². The van der Waals surface area contributed by atoms with E-state index in [0.717, 1.165) is 11.4 Å². The van der Waals surface area contributed by atoms with Gasteiger partial charge in [-0.05, 0) is 39.8 Å². The second-order valence-electron chi connectivity index (χ2n) is 6.29. The minimum Gasteiger partial charge on any atom is -0.444 e. The van der Waals surface area contributed by atoms with Crippen LogP contribution in [0.25, 0.3) is 5.69 Å². The highest BCUT2D eigenvalue weighted by atomic mass is 16.6. The molecule has 2 rings (SSSR count). The third kappa shape index (κ3) is 5.28. The molecule has 0 spiro atoms. The highest BCUT2D eigenvalue weighted by molar-refractivity contribution is 5.68. The number of hydrogen-bond acceptors (Lipinski definition) is 5. The van der Waals surface area contributed by atoms with Crippen molar-refractivity contribution in [2.75, 3.05) is 11.9 Å². The van der Waals surface area contributed by atoms with Crippen molar-refractivity contribution >= 4 is 11.8 Å². The molecule has 0 aliphatic heterocycles. The predicted molar refractivity (Wildman–Crippen MR) is 88.7 cm³/mol. The Morgan fingerprint density at radius 1 is 1.35 bits per heavy atom. The van der Waals surface area contributed by atoms with Crippen LogP contribution in [-0.4, -0.2) is 39.0 Å². The van der Waals surface area contributed by atoms with E-state index in [2.05, 4.69) is 20.7 Å². The number of carbonyl (C=O) groups is 1. The summed E-state index contributed by atoms with van der Waals surface area (Å²) in [6.45, 7) is 7.93. The van der Waals surface area contributed by atoms with Gasteiger partial charge in [0.2, 0.25) is 0 Å². The number of carbonyl (C=O) groups excluding carboxylic acids is 1. The van der Waals surface area contributed by atoms with Crippen LogP contribution in [0.2, 0.25) is 0 Å². The topological polar surface area (TPSA) is 81.1 Å². The summed E-state index contributed by atoms with van der Waals surface area (Å²) in [5.41, 5.74) is 1.31. The third-order valence-electron chi connectivity index (χ3n) is 2.92. The Morgan fingerprint density at radius 3 is 2.74 bits per heavy atom. The van der Waals surface area contributed by atoms with Gasteiger partial charge in [-0.3, -0.25) is 0 Å². The van der Waals surface area contributed by atoms with Gasteiger partial charge in [-0.25, -0.2) is 14.5 Å². The third-order valence-corrected chi connectivity index (χ3v) is 2.92. The molecule has 0 radical (unpaired) electrons. The summed E-state index contributed by atoms with van der Waals surface area (Å²) < 4.78 is 6.91. The molecule has 0 fully saturated rings. The zero-order valence-corrected chi connectivity index (χ0v) is 13.9. The first-order chi connectivity index (χ1) is 10.8. The molecule has 2 aromatic rings. The minimum absolute atomic E-state index is 0.0205. The number of nitrogens with one attached hydrogen (secondary N) is 2. The van der Waals surface area contributed by atoms with Crippen molar-refractivity contribution < 1.29 is 9.53 Å². The van der Waals surface area contributed by atoms with Crippen molar-refractivity contribution in [2.45, 2.75) is 39.3 Å². The maximum Gasteiger partial charge on any atom is 0.407 e. The SMILES string of the molecule is CC(CNC(=O)OC(C)(C)C)Nc1ccccc1-n1cncn1. The molecule has 7 nitrogen and oxygen atoms in total. The molecule has 124 valence electrons. The number of anilines is 1. The number of alkyl carbamates (subject to hydrolysis) is 1. The average molecular weight is 317 g/mol. The molecule has 0 aliphatic carbocycles. The van der Waals surface area contributed by atoms with Gasteiger partial charge in [-0.15, -0.1) is 0 Å². The van der Waals surface area contributed by atoms with E-state index in [0.29, 0.717) is 6.54 Å². The molecule has 2 N–H and O–H groups in total. The van der Waals surface area contributed by atoms with Gasteiger partial charge < -0.3 is 15.4 Å². The molecule has 1 amide bonds. The molecule has 7 heteroatoms. The van der Waals surface area contributed by atoms with Crippen molar-refractivity contribution in [2.24, 2.45) is 0 Å². The number of hydrogen-bond donors (Lipinski definition) is 2. The second kappa shape index (κ2) is 7.13. The maximum atomic E-state index is 11.7. The lowest BCUT2D eigenvalue weighted by molar-refractivity contribution is 0.0526. The largest absolute Gasteiger partial charge is 0.444 e. The average Bonchev–Trinajstić information content (AvgIpc) is 2.98. The fourth-order valence-electron chi connectivity index (χ4n) is 2.00. The fourth-order valence-corrected chi connectivity index (χ4v) is 2.00. The molecular formula is C16H23N5O2. The molecule has 1 aromatic heterocycles. The molecule has 1 atom stereocenters. The molecule has 1 unspecified atom stereocenters. The molecule has 1 heterocycles. The summed E-state index contributed by atoms with van der Waals surface area (Å²) in [6, 6.07) is 7.81. The molecule has 0 saturated heterocycles. The summed E-state index contributed by atoms with van der Waals surface area (Å²) >= 11 is 0. The monoisotopic (exact) mass is 317 g/mol. The van der Waals surface area contributed by atoms with E-state index in [1.807, 2.05) is 52.0 Å². The van der Waals surface area contributed by atoms with Crippen LogP contribution in [0.4, 0.5) is 10.5 Å². The van der Waals surface area contributed by atoms with E-state index in [1.54, 1.807) is 11.0 Å². The number of ether oxygens (including phenoxy) is 1. The highest BCUT2D eigenvalue weighted by Gasteiger charge is 2.16. The fraction of sp³-hybridized carbons (Fsp3) is 0.438. The Labute approximate surface area is 136 Å². The van der Waals surface area contributed by atoms with Crippen LogP contribution >= 0.6 is 0 Å². The Bertz CT molecular complexity index is 634. The van der Waals surface area contributed by atoms with E-state index in [4.69, 9.17) is 4.74 Å². The van der Waals surface area contributed by atoms with Gasteiger partial charge in [0.25, 0.3) is 0 Å². The van der Waals surface area contributed by atoms with Crippen LogP contribution in [0.1, 0.15) is 27.7 Å². The maximum absolute atomic E-state index is 11.7. The molecule has 0 aliphatic rings. The van der Waals surface area contributed by atoms with E-state index in [1.165, 1.54) is 6.33 Å². The summed E-state index contributed by atoms with van der Waals surface area (Å²) in [4.78, 5) is 15.6. The van der Waals surface area contributed by atoms with Crippen molar-refractivity contribution in [3.63, 3.8) is 0 Å². The molecule has 0 saturated carbocycles. The van der Waals surface area contributed by atoms with Crippen LogP contribution in [-0.2, 0) is 4.74 Å². The number of amides is 1. The van der Waals surface area contributed by atoms with Crippen molar-refractivity contribution in [1.82, 2.24) is 20.1 Å². The van der Waals surface area contributed by atoms with Crippen molar-refractivity contribution in [3.8, 4) is 5.69 Å². The van der Waals surface area contributed by atoms with Crippen LogP contribution < -0.4 is 10.6 Å². The zero-order chi connectivity index (χ0) is 16.9. The quantitative estimate of drug-likeness (QED) is 0.886. The number of nitrogens with zero attached hydrogens (tertiary/aromatic N) is 3. The molecular weight excluding hydrogens is 294 g/mol. The van der Waals surface area contributed by atoms with Gasteiger partial charge >= 0.3 is 6.09 Å². The van der Waals surface area contributed by atoms with Gasteiger partial charge in [-0.1, -0.05) is 12.1 Å². The van der Waals surface area contributed by atoms with Gasteiger partial charge in [0, 0.05) is 12.6 Å². The highest BCUT2D eigenvalue weighted by Crippen LogP contribution is 2.19. The van der Waals surface area contributed by atoms with Crippen LogP contribution in [0, 0.1) is 0 Å². The van der Waals surface area contributed by atoms with Crippen LogP contribution in [0.3, 0.4) is 0 Å². The smallest absolute Gasteiger partial charge is 0.407 e. The number of benzene rings is 1. The van der Waals surface area contributed by atoms with E-state index >= 15 is 0 Å². The molecule has 0 bridgehead atoms. The predicted octanol–water partition coefficient (Wildman–Crippen LogP) is 2.59. The van der Waals surface area contributed by atoms with Crippen LogP contribution in [0.5, 0.6) is 0 Å². The zero-order valence-electron chi connectivity index (χ0n) is 13.9. The summed E-state index contributed by atoms with van der Waals surface area (Å²) in [6.07, 6.45) is 2.71. The lowest BCUT2D eigenvalue weighted by Gasteiger charge is -2.22. The van der Waals surface area contributed by atoms with Gasteiger partial charge in [0.05, 0.1) is 11.4 Å². The van der Waals surface area contributed by atoms with Crippen LogP contribution in [0.15, 0.2) is 36.9 Å². The van der Waals surface area contributed by atoms with E-state index in [-0.39, 0.29) is 6.04 Å². The summed E-state index contributed by atoms with van der Waals surface area (Å²) in [5, 5.41) is 10.3. The normalized spacial score (nSPS) is 12.5. The summed E-state index contributed by atoms with van der Waals surface area (Å²) in [5.74, 6) is 0. The Balaban J connectivity index is 1.94. The minimum atomic E-state index is -0.500. The Hall–Kier alpha value is -2.57. The first kappa shape index (κ1) is 16.8. The molecule has 1 aromatic carbocycles. The number of aromatic nitrogens is 3. The van der Waals surface area contributed by atoms with Gasteiger partial charge in [0.1, 0.15) is 18.3 Å². The van der Waals surface area contributed by atoms with E-state index < -0.39 is 11.7 Å².